The van der Waals surface area contributed by atoms with Gasteiger partial charge in [0.15, 0.2) is 0 Å². The Kier molecular flexibility index (Phi) is 11.9. The van der Waals surface area contributed by atoms with Crippen molar-refractivity contribution < 1.29 is 13.2 Å². The average Bonchev–Trinajstić information content (AvgIpc) is 2.31. The molecule has 0 bridgehead atoms. The van der Waals surface area contributed by atoms with E-state index in [1.165, 1.54) is 37.0 Å². The van der Waals surface area contributed by atoms with Crippen LogP contribution >= 0.6 is 11.6 Å². The summed E-state index contributed by atoms with van der Waals surface area (Å²) in [6.07, 6.45) is 5.12. The summed E-state index contributed by atoms with van der Waals surface area (Å²) in [7, 11) is 0. The first-order chi connectivity index (χ1) is 8.99. The third-order valence-electron chi connectivity index (χ3n) is 3.13. The molecule has 0 aromatic rings. The summed E-state index contributed by atoms with van der Waals surface area (Å²) in [5, 5.41) is 0. The first-order valence-electron chi connectivity index (χ1n) is 7.34. The van der Waals surface area contributed by atoms with E-state index in [1.807, 2.05) is 0 Å². The molecule has 19 heavy (non-hydrogen) atoms. The van der Waals surface area contributed by atoms with Crippen molar-refractivity contribution in [3.05, 3.63) is 0 Å². The molecule has 1 nitrogen and oxygen atoms in total. The van der Waals surface area contributed by atoms with Crippen LogP contribution in [-0.4, -0.2) is 36.6 Å². The van der Waals surface area contributed by atoms with Crippen LogP contribution in [0.2, 0.25) is 0 Å². The van der Waals surface area contributed by atoms with Gasteiger partial charge in [-0.2, -0.15) is 13.2 Å². The van der Waals surface area contributed by atoms with Crippen LogP contribution in [0.4, 0.5) is 13.2 Å². The molecule has 0 aliphatic heterocycles. The molecular formula is C14H27ClF3N. The molecule has 0 amide bonds. The molecule has 0 aromatic carbocycles. The van der Waals surface area contributed by atoms with Crippen molar-refractivity contribution in [1.82, 2.24) is 4.90 Å². The van der Waals surface area contributed by atoms with E-state index in [0.717, 1.165) is 19.3 Å². The zero-order valence-electron chi connectivity index (χ0n) is 11.9. The number of hydrogen-bond donors (Lipinski definition) is 0. The molecule has 0 saturated heterocycles. The monoisotopic (exact) mass is 301 g/mol. The summed E-state index contributed by atoms with van der Waals surface area (Å²) in [6, 6.07) is 0. The van der Waals surface area contributed by atoms with E-state index in [4.69, 9.17) is 11.6 Å². The SMILES string of the molecule is CCCCCCCCCCN(CCCl)CC(F)(F)F. The van der Waals surface area contributed by atoms with E-state index >= 15 is 0 Å². The maximum Gasteiger partial charge on any atom is 0.401 e. The predicted molar refractivity (Wildman–Crippen MR) is 75.8 cm³/mol. The van der Waals surface area contributed by atoms with Gasteiger partial charge in [-0.3, -0.25) is 4.90 Å². The Morgan fingerprint density at radius 3 is 1.84 bits per heavy atom. The number of halogens is 4. The molecule has 0 rings (SSSR count). The van der Waals surface area contributed by atoms with E-state index in [2.05, 4.69) is 6.92 Å². The van der Waals surface area contributed by atoms with Crippen molar-refractivity contribution in [3.8, 4) is 0 Å². The molecule has 0 aliphatic carbocycles. The molecule has 0 heterocycles. The lowest BCUT2D eigenvalue weighted by Gasteiger charge is -2.22. The molecule has 116 valence electrons. The van der Waals surface area contributed by atoms with Crippen molar-refractivity contribution in [1.29, 1.82) is 0 Å². The fourth-order valence-corrected chi connectivity index (χ4v) is 2.35. The lowest BCUT2D eigenvalue weighted by atomic mass is 10.1. The zero-order valence-corrected chi connectivity index (χ0v) is 12.7. The van der Waals surface area contributed by atoms with Crippen molar-refractivity contribution >= 4 is 11.6 Å². The minimum atomic E-state index is -4.12. The summed E-state index contributed by atoms with van der Waals surface area (Å²) in [4.78, 5) is 1.41. The fourth-order valence-electron chi connectivity index (χ4n) is 2.11. The second-order valence-corrected chi connectivity index (χ2v) is 5.43. The molecule has 0 saturated carbocycles. The molecular weight excluding hydrogens is 275 g/mol. The van der Waals surface area contributed by atoms with Gasteiger partial charge in [-0.25, -0.2) is 0 Å². The summed E-state index contributed by atoms with van der Waals surface area (Å²) < 4.78 is 36.9. The minimum Gasteiger partial charge on any atom is -0.294 e. The van der Waals surface area contributed by atoms with Gasteiger partial charge in [0.1, 0.15) is 0 Å². The van der Waals surface area contributed by atoms with Gasteiger partial charge in [0.25, 0.3) is 0 Å². The molecule has 0 fully saturated rings. The molecule has 0 radical (unpaired) electrons. The highest BCUT2D eigenvalue weighted by atomic mass is 35.5. The van der Waals surface area contributed by atoms with E-state index in [-0.39, 0.29) is 5.88 Å². The second kappa shape index (κ2) is 11.8. The molecule has 0 aromatic heterocycles. The third kappa shape index (κ3) is 14.3. The third-order valence-corrected chi connectivity index (χ3v) is 3.30. The standard InChI is InChI=1S/C14H27ClF3N/c1-2-3-4-5-6-7-8-9-11-19(12-10-15)13-14(16,17)18/h2-13H2,1H3. The van der Waals surface area contributed by atoms with Crippen LogP contribution in [0.1, 0.15) is 58.3 Å². The fraction of sp³-hybridized carbons (Fsp3) is 1.00. The molecule has 0 N–H and O–H groups in total. The van der Waals surface area contributed by atoms with Crippen molar-refractivity contribution in [2.75, 3.05) is 25.5 Å². The van der Waals surface area contributed by atoms with Crippen molar-refractivity contribution in [2.45, 2.75) is 64.5 Å². The normalized spacial score (nSPS) is 12.3. The quantitative estimate of drug-likeness (QED) is 0.352. The predicted octanol–water partition coefficient (Wildman–Crippen LogP) is 5.23. The number of hydrogen-bond acceptors (Lipinski definition) is 1. The van der Waals surface area contributed by atoms with Gasteiger partial charge in [-0.15, -0.1) is 11.6 Å². The Morgan fingerprint density at radius 2 is 1.37 bits per heavy atom. The largest absolute Gasteiger partial charge is 0.401 e. The van der Waals surface area contributed by atoms with Gasteiger partial charge in [0, 0.05) is 12.4 Å². The van der Waals surface area contributed by atoms with Crippen LogP contribution in [0.15, 0.2) is 0 Å². The Balaban J connectivity index is 3.53. The second-order valence-electron chi connectivity index (χ2n) is 5.06. The van der Waals surface area contributed by atoms with Crippen LogP contribution in [0.3, 0.4) is 0 Å². The summed E-state index contributed by atoms with van der Waals surface area (Å²) in [5.74, 6) is 0.257. The number of rotatable bonds is 12. The Bertz CT molecular complexity index is 198. The first kappa shape index (κ1) is 19.0. The summed E-state index contributed by atoms with van der Waals surface area (Å²) in [5.41, 5.74) is 0. The molecule has 5 heteroatoms. The number of unbranched alkanes of at least 4 members (excludes halogenated alkanes) is 7. The first-order valence-corrected chi connectivity index (χ1v) is 7.88. The van der Waals surface area contributed by atoms with Gasteiger partial charge in [-0.05, 0) is 13.0 Å². The maximum absolute atomic E-state index is 12.3. The van der Waals surface area contributed by atoms with Gasteiger partial charge in [0.2, 0.25) is 0 Å². The van der Waals surface area contributed by atoms with E-state index in [9.17, 15) is 13.2 Å². The summed E-state index contributed by atoms with van der Waals surface area (Å²) >= 11 is 5.53. The van der Waals surface area contributed by atoms with Crippen LogP contribution in [0.25, 0.3) is 0 Å². The van der Waals surface area contributed by atoms with E-state index in [0.29, 0.717) is 13.1 Å². The van der Waals surface area contributed by atoms with Gasteiger partial charge < -0.3 is 0 Å². The topological polar surface area (TPSA) is 3.24 Å². The molecule has 0 aliphatic rings. The highest BCUT2D eigenvalue weighted by Crippen LogP contribution is 2.17. The summed E-state index contributed by atoms with van der Waals surface area (Å²) in [6.45, 7) is 2.17. The highest BCUT2D eigenvalue weighted by molar-refractivity contribution is 6.18. The lowest BCUT2D eigenvalue weighted by molar-refractivity contribution is -0.145. The Hall–Kier alpha value is 0.0400. The lowest BCUT2D eigenvalue weighted by Crippen LogP contribution is -2.36. The molecule has 0 unspecified atom stereocenters. The van der Waals surface area contributed by atoms with Crippen LogP contribution in [-0.2, 0) is 0 Å². The van der Waals surface area contributed by atoms with Crippen molar-refractivity contribution in [3.63, 3.8) is 0 Å². The van der Waals surface area contributed by atoms with Gasteiger partial charge in [0.05, 0.1) is 6.54 Å². The number of nitrogens with zero attached hydrogens (tertiary/aromatic N) is 1. The van der Waals surface area contributed by atoms with Gasteiger partial charge >= 0.3 is 6.18 Å². The van der Waals surface area contributed by atoms with Gasteiger partial charge in [-0.1, -0.05) is 51.9 Å². The Morgan fingerprint density at radius 1 is 0.842 bits per heavy atom. The number of alkyl halides is 4. The highest BCUT2D eigenvalue weighted by Gasteiger charge is 2.30. The Labute approximate surface area is 120 Å². The average molecular weight is 302 g/mol. The van der Waals surface area contributed by atoms with Crippen LogP contribution in [0.5, 0.6) is 0 Å². The van der Waals surface area contributed by atoms with Crippen LogP contribution < -0.4 is 0 Å². The van der Waals surface area contributed by atoms with E-state index < -0.39 is 12.7 Å². The smallest absolute Gasteiger partial charge is 0.294 e. The van der Waals surface area contributed by atoms with Crippen molar-refractivity contribution in [2.24, 2.45) is 0 Å². The molecule has 0 atom stereocenters. The van der Waals surface area contributed by atoms with E-state index in [1.54, 1.807) is 0 Å². The zero-order chi connectivity index (χ0) is 14.6. The van der Waals surface area contributed by atoms with Crippen LogP contribution in [0, 0.1) is 0 Å². The minimum absolute atomic E-state index is 0.257. The maximum atomic E-state index is 12.3. The molecule has 0 spiro atoms.